The number of aromatic nitrogens is 2. The Balaban J connectivity index is 1.66. The van der Waals surface area contributed by atoms with Gasteiger partial charge in [-0.25, -0.2) is 4.98 Å². The van der Waals surface area contributed by atoms with E-state index < -0.39 is 5.79 Å². The van der Waals surface area contributed by atoms with Gasteiger partial charge >= 0.3 is 0 Å². The van der Waals surface area contributed by atoms with Crippen LogP contribution in [0, 0.1) is 0 Å². The summed E-state index contributed by atoms with van der Waals surface area (Å²) in [5, 5.41) is 0.713. The number of halogens is 1. The van der Waals surface area contributed by atoms with E-state index in [2.05, 4.69) is 4.98 Å². The fourth-order valence-corrected chi connectivity index (χ4v) is 3.11. The monoisotopic (exact) mass is 340 g/mol. The quantitative estimate of drug-likeness (QED) is 0.715. The first kappa shape index (κ1) is 15.4. The summed E-state index contributed by atoms with van der Waals surface area (Å²) in [7, 11) is 0. The molecule has 0 N–H and O–H groups in total. The molecule has 5 heteroatoms. The molecule has 1 saturated heterocycles. The first-order chi connectivity index (χ1) is 11.8. The maximum Gasteiger partial charge on any atom is 0.214 e. The lowest BCUT2D eigenvalue weighted by atomic mass is 10.1. The summed E-state index contributed by atoms with van der Waals surface area (Å²) in [5.74, 6) is -0.827. The second-order valence-corrected chi connectivity index (χ2v) is 6.26. The molecule has 3 aromatic rings. The standard InChI is InChI=1S/C19H17ClN2O2/c20-17-8-6-15(7-9-17)18-12-23-19(24-18,13-22-11-10-21-14-22)16-4-2-1-3-5-16/h1-11,14,18H,12-13H2. The van der Waals surface area contributed by atoms with Crippen LogP contribution in [-0.4, -0.2) is 16.2 Å². The summed E-state index contributed by atoms with van der Waals surface area (Å²) in [4.78, 5) is 4.11. The third-order valence-corrected chi connectivity index (χ3v) is 4.46. The zero-order valence-electron chi connectivity index (χ0n) is 13.0. The maximum absolute atomic E-state index is 6.42. The third kappa shape index (κ3) is 2.96. The SMILES string of the molecule is Clc1ccc(C2COC(Cn3ccnc3)(c3ccccc3)O2)cc1. The number of rotatable bonds is 4. The van der Waals surface area contributed by atoms with Crippen molar-refractivity contribution in [3.05, 3.63) is 89.5 Å². The smallest absolute Gasteiger partial charge is 0.214 e. The van der Waals surface area contributed by atoms with E-state index in [-0.39, 0.29) is 6.10 Å². The number of benzene rings is 2. The second-order valence-electron chi connectivity index (χ2n) is 5.82. The van der Waals surface area contributed by atoms with Crippen LogP contribution < -0.4 is 0 Å². The highest BCUT2D eigenvalue weighted by Gasteiger charge is 2.44. The Kier molecular flexibility index (Phi) is 4.10. The van der Waals surface area contributed by atoms with Crippen molar-refractivity contribution in [3.63, 3.8) is 0 Å². The average Bonchev–Trinajstić information content (AvgIpc) is 3.28. The van der Waals surface area contributed by atoms with Gasteiger partial charge in [0.05, 0.1) is 19.5 Å². The van der Waals surface area contributed by atoms with Gasteiger partial charge in [0.1, 0.15) is 6.10 Å². The Bertz CT molecular complexity index is 790. The van der Waals surface area contributed by atoms with Crippen molar-refractivity contribution >= 4 is 11.6 Å². The van der Waals surface area contributed by atoms with Gasteiger partial charge in [0.2, 0.25) is 5.79 Å². The van der Waals surface area contributed by atoms with Crippen LogP contribution in [0.1, 0.15) is 17.2 Å². The van der Waals surface area contributed by atoms with Gasteiger partial charge in [0.15, 0.2) is 0 Å². The molecule has 4 nitrogen and oxygen atoms in total. The highest BCUT2D eigenvalue weighted by Crippen LogP contribution is 2.41. The summed E-state index contributed by atoms with van der Waals surface area (Å²) in [6.07, 6.45) is 5.30. The lowest BCUT2D eigenvalue weighted by molar-refractivity contribution is -0.187. The first-order valence-corrected chi connectivity index (χ1v) is 8.21. The normalized spacial score (nSPS) is 23.5. The van der Waals surface area contributed by atoms with Crippen molar-refractivity contribution in [2.24, 2.45) is 0 Å². The molecule has 1 aliphatic heterocycles. The van der Waals surface area contributed by atoms with Crippen molar-refractivity contribution in [2.75, 3.05) is 6.61 Å². The largest absolute Gasteiger partial charge is 0.341 e. The lowest BCUT2D eigenvalue weighted by Gasteiger charge is -2.29. The van der Waals surface area contributed by atoms with Crippen LogP contribution in [0.15, 0.2) is 73.3 Å². The molecule has 0 aliphatic carbocycles. The van der Waals surface area contributed by atoms with E-state index in [4.69, 9.17) is 21.1 Å². The van der Waals surface area contributed by atoms with E-state index in [0.29, 0.717) is 18.2 Å². The number of nitrogens with zero attached hydrogens (tertiary/aromatic N) is 2. The Labute approximate surface area is 145 Å². The minimum atomic E-state index is -0.827. The fourth-order valence-electron chi connectivity index (χ4n) is 2.99. The van der Waals surface area contributed by atoms with E-state index in [9.17, 15) is 0 Å². The van der Waals surface area contributed by atoms with Crippen molar-refractivity contribution in [1.82, 2.24) is 9.55 Å². The Morgan fingerprint density at radius 1 is 1.12 bits per heavy atom. The summed E-state index contributed by atoms with van der Waals surface area (Å²) in [6, 6.07) is 17.7. The van der Waals surface area contributed by atoms with Crippen LogP contribution >= 0.6 is 11.6 Å². The molecule has 2 heterocycles. The van der Waals surface area contributed by atoms with Crippen LogP contribution in [0.5, 0.6) is 0 Å². The Hall–Kier alpha value is -2.14. The molecule has 4 rings (SSSR count). The number of hydrogen-bond donors (Lipinski definition) is 0. The minimum Gasteiger partial charge on any atom is -0.341 e. The van der Waals surface area contributed by atoms with Crippen molar-refractivity contribution < 1.29 is 9.47 Å². The molecule has 0 radical (unpaired) electrons. The van der Waals surface area contributed by atoms with Crippen LogP contribution in [0.2, 0.25) is 5.02 Å². The zero-order chi connectivity index (χ0) is 16.4. The molecular formula is C19H17ClN2O2. The summed E-state index contributed by atoms with van der Waals surface area (Å²) < 4.78 is 14.6. The van der Waals surface area contributed by atoms with Gasteiger partial charge in [-0.3, -0.25) is 0 Å². The molecule has 2 atom stereocenters. The lowest BCUT2D eigenvalue weighted by Crippen LogP contribution is -2.32. The highest BCUT2D eigenvalue weighted by atomic mass is 35.5. The summed E-state index contributed by atoms with van der Waals surface area (Å²) in [6.45, 7) is 1.03. The molecule has 122 valence electrons. The molecule has 24 heavy (non-hydrogen) atoms. The van der Waals surface area contributed by atoms with Crippen molar-refractivity contribution in [1.29, 1.82) is 0 Å². The highest BCUT2D eigenvalue weighted by molar-refractivity contribution is 6.30. The number of ether oxygens (including phenoxy) is 2. The van der Waals surface area contributed by atoms with Crippen LogP contribution in [0.3, 0.4) is 0 Å². The van der Waals surface area contributed by atoms with E-state index >= 15 is 0 Å². The molecule has 0 bridgehead atoms. The molecule has 1 aromatic heterocycles. The first-order valence-electron chi connectivity index (χ1n) is 7.84. The predicted octanol–water partition coefficient (Wildman–Crippen LogP) is 4.18. The summed E-state index contributed by atoms with van der Waals surface area (Å²) >= 11 is 5.98. The molecule has 0 spiro atoms. The predicted molar refractivity (Wildman–Crippen MR) is 91.6 cm³/mol. The number of hydrogen-bond acceptors (Lipinski definition) is 3. The maximum atomic E-state index is 6.42. The van der Waals surface area contributed by atoms with E-state index in [1.807, 2.05) is 65.4 Å². The van der Waals surface area contributed by atoms with E-state index in [1.54, 1.807) is 12.5 Å². The molecule has 0 amide bonds. The van der Waals surface area contributed by atoms with Gasteiger partial charge in [-0.2, -0.15) is 0 Å². The number of imidazole rings is 1. The van der Waals surface area contributed by atoms with Crippen molar-refractivity contribution in [2.45, 2.75) is 18.4 Å². The van der Waals surface area contributed by atoms with Crippen LogP contribution in [-0.2, 0) is 21.8 Å². The third-order valence-electron chi connectivity index (χ3n) is 4.21. The fraction of sp³-hybridized carbons (Fsp3) is 0.211. The van der Waals surface area contributed by atoms with Crippen molar-refractivity contribution in [3.8, 4) is 0 Å². The molecule has 1 fully saturated rings. The van der Waals surface area contributed by atoms with Gasteiger partial charge in [0.25, 0.3) is 0 Å². The van der Waals surface area contributed by atoms with Gasteiger partial charge in [-0.1, -0.05) is 54.1 Å². The van der Waals surface area contributed by atoms with Gasteiger partial charge in [-0.15, -0.1) is 0 Å². The van der Waals surface area contributed by atoms with Gasteiger partial charge in [0, 0.05) is 23.0 Å². The molecule has 2 aromatic carbocycles. The van der Waals surface area contributed by atoms with Gasteiger partial charge < -0.3 is 14.0 Å². The minimum absolute atomic E-state index is 0.133. The molecule has 2 unspecified atom stereocenters. The topological polar surface area (TPSA) is 36.3 Å². The van der Waals surface area contributed by atoms with Crippen LogP contribution in [0.25, 0.3) is 0 Å². The molecular weight excluding hydrogens is 324 g/mol. The molecule has 0 saturated carbocycles. The van der Waals surface area contributed by atoms with E-state index in [0.717, 1.165) is 11.1 Å². The Morgan fingerprint density at radius 3 is 2.62 bits per heavy atom. The summed E-state index contributed by atoms with van der Waals surface area (Å²) in [5.41, 5.74) is 2.05. The second kappa shape index (κ2) is 6.40. The zero-order valence-corrected chi connectivity index (χ0v) is 13.8. The van der Waals surface area contributed by atoms with Gasteiger partial charge in [-0.05, 0) is 17.7 Å². The van der Waals surface area contributed by atoms with Crippen LogP contribution in [0.4, 0.5) is 0 Å². The Morgan fingerprint density at radius 2 is 1.92 bits per heavy atom. The average molecular weight is 341 g/mol. The molecule has 1 aliphatic rings. The van der Waals surface area contributed by atoms with E-state index in [1.165, 1.54) is 0 Å².